The van der Waals surface area contributed by atoms with Crippen molar-refractivity contribution in [2.24, 2.45) is 11.7 Å². The number of piperidine rings is 1. The van der Waals surface area contributed by atoms with Gasteiger partial charge in [0.2, 0.25) is 11.9 Å². The molecule has 0 radical (unpaired) electrons. The third kappa shape index (κ3) is 5.39. The van der Waals surface area contributed by atoms with E-state index in [1.54, 1.807) is 12.3 Å². The largest absolute Gasteiger partial charge is 0.433 e. The molecule has 2 aromatic heterocycles. The van der Waals surface area contributed by atoms with Crippen molar-refractivity contribution in [1.82, 2.24) is 15.0 Å². The lowest BCUT2D eigenvalue weighted by Gasteiger charge is -2.31. The lowest BCUT2D eigenvalue weighted by atomic mass is 9.96. The summed E-state index contributed by atoms with van der Waals surface area (Å²) in [5.74, 6) is 0.358. The fourth-order valence-electron chi connectivity index (χ4n) is 3.86. The Bertz CT molecular complexity index is 1140. The lowest BCUT2D eigenvalue weighted by Crippen LogP contribution is -2.38. The Hall–Kier alpha value is -3.69. The van der Waals surface area contributed by atoms with Gasteiger partial charge in [0.25, 0.3) is 0 Å². The molecule has 33 heavy (non-hydrogen) atoms. The predicted molar refractivity (Wildman–Crippen MR) is 119 cm³/mol. The van der Waals surface area contributed by atoms with Crippen LogP contribution in [0.2, 0.25) is 0 Å². The number of anilines is 3. The normalized spacial score (nSPS) is 14.8. The highest BCUT2D eigenvalue weighted by molar-refractivity contribution is 5.77. The summed E-state index contributed by atoms with van der Waals surface area (Å²) in [4.78, 5) is 25.5. The second-order valence-corrected chi connectivity index (χ2v) is 8.04. The van der Waals surface area contributed by atoms with Crippen LogP contribution in [-0.4, -0.2) is 33.9 Å². The molecule has 0 bridgehead atoms. The van der Waals surface area contributed by atoms with Crippen LogP contribution >= 0.6 is 0 Å². The van der Waals surface area contributed by atoms with Crippen molar-refractivity contribution in [2.45, 2.75) is 25.9 Å². The number of nitrogens with two attached hydrogens (primary N) is 1. The van der Waals surface area contributed by atoms with E-state index in [1.807, 2.05) is 31.2 Å². The Morgan fingerprint density at radius 1 is 1.09 bits per heavy atom. The van der Waals surface area contributed by atoms with E-state index in [9.17, 15) is 18.0 Å². The molecule has 3 aromatic rings. The van der Waals surface area contributed by atoms with E-state index in [0.29, 0.717) is 18.5 Å². The number of nitrogens with zero attached hydrogens (tertiary/aromatic N) is 4. The number of pyridine rings is 1. The molecular formula is C23H23F3N6O. The third-order valence-electron chi connectivity index (χ3n) is 5.58. The molecule has 3 heterocycles. The van der Waals surface area contributed by atoms with Crippen molar-refractivity contribution in [1.29, 1.82) is 0 Å². The van der Waals surface area contributed by atoms with Crippen LogP contribution in [-0.2, 0) is 11.0 Å². The highest BCUT2D eigenvalue weighted by atomic mass is 19.4. The number of halogens is 3. The molecule has 0 atom stereocenters. The monoisotopic (exact) mass is 456 g/mol. The summed E-state index contributed by atoms with van der Waals surface area (Å²) >= 11 is 0. The Morgan fingerprint density at radius 2 is 1.85 bits per heavy atom. The highest BCUT2D eigenvalue weighted by Gasteiger charge is 2.32. The second kappa shape index (κ2) is 9.05. The minimum absolute atomic E-state index is 0.0838. The zero-order chi connectivity index (χ0) is 23.6. The molecule has 1 aliphatic rings. The molecule has 1 aromatic carbocycles. The first-order valence-electron chi connectivity index (χ1n) is 10.5. The fraction of sp³-hybridized carbons (Fsp3) is 0.304. The maximum Gasteiger partial charge on any atom is 0.433 e. The summed E-state index contributed by atoms with van der Waals surface area (Å²) < 4.78 is 38.8. The third-order valence-corrected chi connectivity index (χ3v) is 5.58. The van der Waals surface area contributed by atoms with Crippen molar-refractivity contribution >= 4 is 23.4 Å². The van der Waals surface area contributed by atoms with E-state index in [1.165, 1.54) is 0 Å². The molecule has 3 N–H and O–H groups in total. The molecule has 172 valence electrons. The van der Waals surface area contributed by atoms with Gasteiger partial charge in [-0.25, -0.2) is 15.0 Å². The number of hydrogen-bond donors (Lipinski definition) is 2. The maximum absolute atomic E-state index is 12.9. The molecule has 4 rings (SSSR count). The first kappa shape index (κ1) is 22.5. The first-order chi connectivity index (χ1) is 15.7. The zero-order valence-corrected chi connectivity index (χ0v) is 17.9. The van der Waals surface area contributed by atoms with Crippen LogP contribution in [0.1, 0.15) is 24.1 Å². The van der Waals surface area contributed by atoms with E-state index in [2.05, 4.69) is 25.2 Å². The average Bonchev–Trinajstić information content (AvgIpc) is 2.78. The smallest absolute Gasteiger partial charge is 0.369 e. The van der Waals surface area contributed by atoms with E-state index in [0.717, 1.165) is 47.9 Å². The molecule has 1 saturated heterocycles. The minimum atomic E-state index is -4.54. The molecular weight excluding hydrogens is 433 g/mol. The van der Waals surface area contributed by atoms with Gasteiger partial charge in [0, 0.05) is 42.7 Å². The van der Waals surface area contributed by atoms with E-state index in [-0.39, 0.29) is 17.8 Å². The summed E-state index contributed by atoms with van der Waals surface area (Å²) in [5.41, 5.74) is 7.60. The summed E-state index contributed by atoms with van der Waals surface area (Å²) in [6, 6.07) is 10.3. The van der Waals surface area contributed by atoms with Gasteiger partial charge in [-0.3, -0.25) is 4.79 Å². The molecule has 0 aliphatic carbocycles. The lowest BCUT2D eigenvalue weighted by molar-refractivity contribution is -0.141. The van der Waals surface area contributed by atoms with Crippen LogP contribution in [0.25, 0.3) is 11.1 Å². The molecule has 1 amide bonds. The number of amides is 1. The van der Waals surface area contributed by atoms with Crippen molar-refractivity contribution in [3.05, 3.63) is 60.0 Å². The van der Waals surface area contributed by atoms with Gasteiger partial charge in [0.15, 0.2) is 0 Å². The van der Waals surface area contributed by atoms with Gasteiger partial charge in [-0.1, -0.05) is 6.07 Å². The number of primary amides is 1. The van der Waals surface area contributed by atoms with Gasteiger partial charge < -0.3 is 16.0 Å². The average molecular weight is 456 g/mol. The molecule has 1 fully saturated rings. The standard InChI is InChI=1S/C23H23F3N6O/c1-14-10-17(12-18(11-14)30-22-28-7-4-19(31-22)23(24,25)26)16-2-3-20(29-13-16)32-8-5-15(6-9-32)21(27)33/h2-4,7,10-13,15H,5-6,8-9H2,1H3,(H2,27,33)(H,28,30,31). The summed E-state index contributed by atoms with van der Waals surface area (Å²) in [6.07, 6.45) is -0.287. The highest BCUT2D eigenvalue weighted by Crippen LogP contribution is 2.30. The number of benzene rings is 1. The van der Waals surface area contributed by atoms with Crippen molar-refractivity contribution in [2.75, 3.05) is 23.3 Å². The van der Waals surface area contributed by atoms with Crippen LogP contribution in [0.3, 0.4) is 0 Å². The molecule has 0 spiro atoms. The van der Waals surface area contributed by atoms with Gasteiger partial charge >= 0.3 is 6.18 Å². The summed E-state index contributed by atoms with van der Waals surface area (Å²) in [5, 5.41) is 2.86. The molecule has 10 heteroatoms. The quantitative estimate of drug-likeness (QED) is 0.594. The van der Waals surface area contributed by atoms with Gasteiger partial charge in [-0.15, -0.1) is 0 Å². The second-order valence-electron chi connectivity index (χ2n) is 8.04. The summed E-state index contributed by atoms with van der Waals surface area (Å²) in [6.45, 7) is 3.33. The minimum Gasteiger partial charge on any atom is -0.369 e. The zero-order valence-electron chi connectivity index (χ0n) is 17.9. The number of nitrogens with one attached hydrogen (secondary N) is 1. The number of carbonyl (C=O) groups excluding carboxylic acids is 1. The number of aromatic nitrogens is 3. The maximum atomic E-state index is 12.9. The van der Waals surface area contributed by atoms with E-state index < -0.39 is 11.9 Å². The number of carbonyl (C=O) groups is 1. The summed E-state index contributed by atoms with van der Waals surface area (Å²) in [7, 11) is 0. The van der Waals surface area contributed by atoms with Crippen molar-refractivity contribution in [3.8, 4) is 11.1 Å². The number of aryl methyl sites for hydroxylation is 1. The number of alkyl halides is 3. The Labute approximate surface area is 188 Å². The van der Waals surface area contributed by atoms with Crippen LogP contribution in [0.5, 0.6) is 0 Å². The number of rotatable bonds is 5. The molecule has 7 nitrogen and oxygen atoms in total. The molecule has 0 unspecified atom stereocenters. The van der Waals surface area contributed by atoms with Gasteiger partial charge in [0.05, 0.1) is 0 Å². The van der Waals surface area contributed by atoms with Gasteiger partial charge in [-0.05, 0) is 61.2 Å². The van der Waals surface area contributed by atoms with Crippen molar-refractivity contribution < 1.29 is 18.0 Å². The van der Waals surface area contributed by atoms with E-state index in [4.69, 9.17) is 5.73 Å². The molecule has 0 saturated carbocycles. The Kier molecular flexibility index (Phi) is 6.17. The first-order valence-corrected chi connectivity index (χ1v) is 10.5. The van der Waals surface area contributed by atoms with Crippen LogP contribution < -0.4 is 16.0 Å². The van der Waals surface area contributed by atoms with Crippen LogP contribution in [0.15, 0.2) is 48.8 Å². The van der Waals surface area contributed by atoms with Gasteiger partial charge in [-0.2, -0.15) is 13.2 Å². The predicted octanol–water partition coefficient (Wildman–Crippen LogP) is 4.31. The topological polar surface area (TPSA) is 97.0 Å². The molecule has 1 aliphatic heterocycles. The van der Waals surface area contributed by atoms with Crippen LogP contribution in [0, 0.1) is 12.8 Å². The van der Waals surface area contributed by atoms with Crippen molar-refractivity contribution in [3.63, 3.8) is 0 Å². The number of hydrogen-bond acceptors (Lipinski definition) is 6. The van der Waals surface area contributed by atoms with Gasteiger partial charge in [0.1, 0.15) is 11.5 Å². The van der Waals surface area contributed by atoms with E-state index >= 15 is 0 Å². The fourth-order valence-corrected chi connectivity index (χ4v) is 3.86. The van der Waals surface area contributed by atoms with Crippen LogP contribution in [0.4, 0.5) is 30.6 Å². The Balaban J connectivity index is 1.51. The SMILES string of the molecule is Cc1cc(Nc2nccc(C(F)(F)F)n2)cc(-c2ccc(N3CCC(C(N)=O)CC3)nc2)c1. The Morgan fingerprint density at radius 3 is 2.48 bits per heavy atom.